The highest BCUT2D eigenvalue weighted by molar-refractivity contribution is 9.10. The van der Waals surface area contributed by atoms with Crippen LogP contribution in [0.3, 0.4) is 0 Å². The lowest BCUT2D eigenvalue weighted by atomic mass is 9.90. The van der Waals surface area contributed by atoms with Gasteiger partial charge in [-0.15, -0.1) is 0 Å². The fourth-order valence-corrected chi connectivity index (χ4v) is 3.95. The molecule has 10 heteroatoms. The predicted molar refractivity (Wildman–Crippen MR) is 98.9 cm³/mol. The van der Waals surface area contributed by atoms with Gasteiger partial charge in [-0.3, -0.25) is 9.78 Å². The molecule has 0 amide bonds. The smallest absolute Gasteiger partial charge is 0.370 e. The van der Waals surface area contributed by atoms with Crippen LogP contribution in [0.15, 0.2) is 41.3 Å². The van der Waals surface area contributed by atoms with Gasteiger partial charge in [0.1, 0.15) is 16.2 Å². The molecule has 1 saturated carbocycles. The SMILES string of the molecule is O=C1CC(CNc2cc(C(F)(F)F)nc3cc(Br)nn23)C(c2cccnc2)C1. The van der Waals surface area contributed by atoms with E-state index < -0.39 is 11.9 Å². The van der Waals surface area contributed by atoms with Crippen LogP contribution in [0.4, 0.5) is 19.0 Å². The molecule has 0 spiro atoms. The van der Waals surface area contributed by atoms with Crippen molar-refractivity contribution in [3.63, 3.8) is 0 Å². The summed E-state index contributed by atoms with van der Waals surface area (Å²) in [4.78, 5) is 19.7. The normalized spacial score (nSPS) is 20.1. The number of hydrogen-bond donors (Lipinski definition) is 1. The number of ketones is 1. The lowest BCUT2D eigenvalue weighted by Gasteiger charge is -2.20. The molecular weight excluding hydrogens is 439 g/mol. The molecule has 4 rings (SSSR count). The highest BCUT2D eigenvalue weighted by Gasteiger charge is 2.36. The number of Topliss-reactive ketones (excluding diaryl/α,β-unsaturated/α-hetero) is 1. The Morgan fingerprint density at radius 3 is 2.82 bits per heavy atom. The highest BCUT2D eigenvalue weighted by Crippen LogP contribution is 2.38. The lowest BCUT2D eigenvalue weighted by molar-refractivity contribution is -0.141. The molecule has 6 nitrogen and oxygen atoms in total. The van der Waals surface area contributed by atoms with Gasteiger partial charge < -0.3 is 5.32 Å². The fraction of sp³-hybridized carbons (Fsp3) is 0.333. The lowest BCUT2D eigenvalue weighted by Crippen LogP contribution is -2.20. The molecule has 146 valence electrons. The number of hydrogen-bond acceptors (Lipinski definition) is 5. The standard InChI is InChI=1S/C18H15BrF3N5O/c19-15-7-17-25-14(18(20,21)22)6-16(27(17)26-15)24-9-11-4-12(28)5-13(11)10-2-1-3-23-8-10/h1-3,6-8,11,13,24H,4-5,9H2. The van der Waals surface area contributed by atoms with E-state index in [1.165, 1.54) is 10.6 Å². The summed E-state index contributed by atoms with van der Waals surface area (Å²) in [5, 5.41) is 7.18. The number of nitrogens with one attached hydrogen (secondary N) is 1. The zero-order valence-electron chi connectivity index (χ0n) is 14.4. The quantitative estimate of drug-likeness (QED) is 0.644. The van der Waals surface area contributed by atoms with E-state index in [0.717, 1.165) is 11.6 Å². The van der Waals surface area contributed by atoms with Gasteiger partial charge in [0, 0.05) is 43.9 Å². The highest BCUT2D eigenvalue weighted by atomic mass is 79.9. The summed E-state index contributed by atoms with van der Waals surface area (Å²) >= 11 is 3.17. The van der Waals surface area contributed by atoms with E-state index >= 15 is 0 Å². The second-order valence-corrected chi connectivity index (χ2v) is 7.55. The van der Waals surface area contributed by atoms with Gasteiger partial charge in [0.05, 0.1) is 0 Å². The summed E-state index contributed by atoms with van der Waals surface area (Å²) in [6, 6.07) is 6.08. The summed E-state index contributed by atoms with van der Waals surface area (Å²) < 4.78 is 41.3. The summed E-state index contributed by atoms with van der Waals surface area (Å²) in [6.07, 6.45) is -0.403. The Morgan fingerprint density at radius 1 is 1.29 bits per heavy atom. The first-order valence-corrected chi connectivity index (χ1v) is 9.39. The molecule has 0 radical (unpaired) electrons. The van der Waals surface area contributed by atoms with Gasteiger partial charge in [0.2, 0.25) is 0 Å². The number of fused-ring (bicyclic) bond motifs is 1. The number of rotatable bonds is 4. The first-order valence-electron chi connectivity index (χ1n) is 8.60. The van der Waals surface area contributed by atoms with Crippen LogP contribution in [0.25, 0.3) is 5.65 Å². The average Bonchev–Trinajstić information content (AvgIpc) is 3.21. The molecule has 3 aromatic heterocycles. The third-order valence-electron chi connectivity index (χ3n) is 4.85. The van der Waals surface area contributed by atoms with Crippen molar-refractivity contribution in [3.05, 3.63) is 52.5 Å². The van der Waals surface area contributed by atoms with Crippen LogP contribution >= 0.6 is 15.9 Å². The molecule has 2 atom stereocenters. The maximum atomic E-state index is 13.2. The van der Waals surface area contributed by atoms with Gasteiger partial charge in [0.25, 0.3) is 0 Å². The van der Waals surface area contributed by atoms with E-state index in [1.54, 1.807) is 12.4 Å². The summed E-state index contributed by atoms with van der Waals surface area (Å²) in [7, 11) is 0. The Hall–Kier alpha value is -2.49. The maximum absolute atomic E-state index is 13.2. The Kier molecular flexibility index (Phi) is 4.82. The molecule has 1 aliphatic rings. The third kappa shape index (κ3) is 3.73. The van der Waals surface area contributed by atoms with Crippen LogP contribution in [-0.2, 0) is 11.0 Å². The second-order valence-electron chi connectivity index (χ2n) is 6.74. The Morgan fingerprint density at radius 2 is 2.11 bits per heavy atom. The largest absolute Gasteiger partial charge is 0.433 e. The monoisotopic (exact) mass is 453 g/mol. The molecule has 2 unspecified atom stereocenters. The number of carbonyl (C=O) groups is 1. The maximum Gasteiger partial charge on any atom is 0.433 e. The Labute approximate surface area is 166 Å². The van der Waals surface area contributed by atoms with Crippen molar-refractivity contribution in [2.24, 2.45) is 5.92 Å². The van der Waals surface area contributed by atoms with Crippen molar-refractivity contribution in [2.45, 2.75) is 24.9 Å². The summed E-state index contributed by atoms with van der Waals surface area (Å²) in [6.45, 7) is 0.333. The van der Waals surface area contributed by atoms with Gasteiger partial charge in [-0.05, 0) is 39.4 Å². The van der Waals surface area contributed by atoms with Crippen molar-refractivity contribution in [2.75, 3.05) is 11.9 Å². The van der Waals surface area contributed by atoms with E-state index in [4.69, 9.17) is 0 Å². The number of pyridine rings is 1. The molecule has 1 aliphatic carbocycles. The topological polar surface area (TPSA) is 72.2 Å². The molecule has 3 heterocycles. The van der Waals surface area contributed by atoms with Gasteiger partial charge in [-0.1, -0.05) is 6.07 Å². The van der Waals surface area contributed by atoms with E-state index in [-0.39, 0.29) is 29.1 Å². The van der Waals surface area contributed by atoms with Crippen LogP contribution in [0, 0.1) is 5.92 Å². The van der Waals surface area contributed by atoms with Crippen LogP contribution in [-0.4, -0.2) is 31.9 Å². The third-order valence-corrected chi connectivity index (χ3v) is 5.24. The minimum Gasteiger partial charge on any atom is -0.370 e. The van der Waals surface area contributed by atoms with Crippen molar-refractivity contribution in [3.8, 4) is 0 Å². The summed E-state index contributed by atoms with van der Waals surface area (Å²) in [5.41, 5.74) is 0.0366. The molecule has 3 aromatic rings. The minimum absolute atomic E-state index is 0.0162. The molecular formula is C18H15BrF3N5O. The molecule has 1 fully saturated rings. The first-order chi connectivity index (χ1) is 13.3. The van der Waals surface area contributed by atoms with Crippen LogP contribution in [0.2, 0.25) is 0 Å². The van der Waals surface area contributed by atoms with E-state index in [0.29, 0.717) is 24.0 Å². The fourth-order valence-electron chi connectivity index (χ4n) is 3.58. The predicted octanol–water partition coefficient (Wildman–Crippen LogP) is 4.08. The molecule has 0 aliphatic heterocycles. The van der Waals surface area contributed by atoms with E-state index in [9.17, 15) is 18.0 Å². The van der Waals surface area contributed by atoms with E-state index in [1.807, 2.05) is 12.1 Å². The second kappa shape index (κ2) is 7.16. The van der Waals surface area contributed by atoms with Gasteiger partial charge in [-0.2, -0.15) is 22.8 Å². The van der Waals surface area contributed by atoms with Gasteiger partial charge in [-0.25, -0.2) is 4.98 Å². The van der Waals surface area contributed by atoms with Crippen LogP contribution in [0.1, 0.15) is 30.0 Å². The van der Waals surface area contributed by atoms with E-state index in [2.05, 4.69) is 36.3 Å². The number of nitrogens with zero attached hydrogens (tertiary/aromatic N) is 4. The van der Waals surface area contributed by atoms with Crippen LogP contribution in [0.5, 0.6) is 0 Å². The number of anilines is 1. The average molecular weight is 454 g/mol. The summed E-state index contributed by atoms with van der Waals surface area (Å²) in [5.74, 6) is 0.247. The van der Waals surface area contributed by atoms with Crippen LogP contribution < -0.4 is 5.32 Å². The first kappa shape index (κ1) is 18.9. The molecule has 0 bridgehead atoms. The number of halogens is 4. The molecule has 0 aromatic carbocycles. The van der Waals surface area contributed by atoms with Gasteiger partial charge >= 0.3 is 6.18 Å². The number of carbonyl (C=O) groups excluding carboxylic acids is 1. The van der Waals surface area contributed by atoms with Crippen molar-refractivity contribution in [1.82, 2.24) is 19.6 Å². The van der Waals surface area contributed by atoms with Crippen molar-refractivity contribution >= 4 is 33.2 Å². The Balaban J connectivity index is 1.62. The zero-order valence-corrected chi connectivity index (χ0v) is 16.0. The van der Waals surface area contributed by atoms with Crippen molar-refractivity contribution in [1.29, 1.82) is 0 Å². The van der Waals surface area contributed by atoms with Crippen molar-refractivity contribution < 1.29 is 18.0 Å². The molecule has 1 N–H and O–H groups in total. The molecule has 0 saturated heterocycles. The minimum atomic E-state index is -4.57. The number of aromatic nitrogens is 4. The number of alkyl halides is 3. The zero-order chi connectivity index (χ0) is 19.9. The molecule has 28 heavy (non-hydrogen) atoms. The van der Waals surface area contributed by atoms with Gasteiger partial charge in [0.15, 0.2) is 11.3 Å². The Bertz CT molecular complexity index is 1020.